The number of rotatable bonds is 8. The minimum atomic E-state index is -4.73. The second-order valence-electron chi connectivity index (χ2n) is 8.63. The van der Waals surface area contributed by atoms with Gasteiger partial charge in [0.1, 0.15) is 6.54 Å². The molecular weight excluding hydrogens is 527 g/mol. The van der Waals surface area contributed by atoms with Crippen LogP contribution >= 0.6 is 11.6 Å². The third kappa shape index (κ3) is 6.37. The second-order valence-corrected chi connectivity index (χ2v) is 10.9. The van der Waals surface area contributed by atoms with Gasteiger partial charge in [-0.05, 0) is 60.9 Å². The van der Waals surface area contributed by atoms with Crippen molar-refractivity contribution in [1.29, 1.82) is 0 Å². The molecule has 1 saturated heterocycles. The number of hydrogen-bond acceptors (Lipinski definition) is 4. The summed E-state index contributed by atoms with van der Waals surface area (Å²) in [6.07, 6.45) is -2.43. The number of benzene rings is 3. The average Bonchev–Trinajstić information content (AvgIpc) is 3.42. The van der Waals surface area contributed by atoms with Gasteiger partial charge in [0, 0.05) is 25.3 Å². The number of alkyl halides is 3. The van der Waals surface area contributed by atoms with E-state index in [0.29, 0.717) is 10.4 Å². The summed E-state index contributed by atoms with van der Waals surface area (Å²) in [4.78, 5) is 14.9. The molecule has 1 heterocycles. The molecule has 3 aromatic carbocycles. The molecule has 196 valence electrons. The molecule has 0 unspecified atom stereocenters. The van der Waals surface area contributed by atoms with Crippen LogP contribution < -0.4 is 14.5 Å². The molecule has 0 bridgehead atoms. The molecule has 0 saturated carbocycles. The minimum Gasteiger partial charge on any atom is -0.372 e. The van der Waals surface area contributed by atoms with Crippen LogP contribution in [0.1, 0.15) is 24.0 Å². The average molecular weight is 552 g/mol. The summed E-state index contributed by atoms with van der Waals surface area (Å²) in [5.74, 6) is -0.698. The fourth-order valence-electron chi connectivity index (χ4n) is 4.09. The molecule has 0 spiro atoms. The monoisotopic (exact) mass is 551 g/mol. The Hall–Kier alpha value is -3.24. The van der Waals surface area contributed by atoms with Crippen LogP contribution in [0, 0.1) is 0 Å². The van der Waals surface area contributed by atoms with Crippen LogP contribution in [0.3, 0.4) is 0 Å². The van der Waals surface area contributed by atoms with Crippen molar-refractivity contribution in [3.05, 3.63) is 88.9 Å². The van der Waals surface area contributed by atoms with Gasteiger partial charge in [-0.1, -0.05) is 41.9 Å². The molecule has 0 aromatic heterocycles. The van der Waals surface area contributed by atoms with E-state index in [-0.39, 0.29) is 16.5 Å². The Labute approximate surface area is 218 Å². The highest BCUT2D eigenvalue weighted by molar-refractivity contribution is 7.92. The Morgan fingerprint density at radius 2 is 1.62 bits per heavy atom. The lowest BCUT2D eigenvalue weighted by Gasteiger charge is -2.26. The van der Waals surface area contributed by atoms with Crippen molar-refractivity contribution in [1.82, 2.24) is 5.32 Å². The first-order chi connectivity index (χ1) is 17.6. The standard InChI is InChI=1S/C26H25ClF3N3O3S/c27-23-13-10-20(26(28,29)30)16-24(23)33(37(35,36)22-6-2-1-3-7-22)18-25(34)31-17-19-8-11-21(12-9-19)32-14-4-5-15-32/h1-3,6-13,16H,4-5,14-15,17-18H2,(H,31,34). The summed E-state index contributed by atoms with van der Waals surface area (Å²) in [5, 5.41) is 2.41. The zero-order valence-corrected chi connectivity index (χ0v) is 21.3. The summed E-state index contributed by atoms with van der Waals surface area (Å²) in [5.41, 5.74) is 0.363. The third-order valence-electron chi connectivity index (χ3n) is 6.06. The fourth-order valence-corrected chi connectivity index (χ4v) is 5.81. The smallest absolute Gasteiger partial charge is 0.372 e. The van der Waals surface area contributed by atoms with E-state index in [2.05, 4.69) is 10.2 Å². The normalized spacial score (nSPS) is 14.0. The number of amides is 1. The summed E-state index contributed by atoms with van der Waals surface area (Å²) in [6, 6.07) is 17.2. The molecule has 6 nitrogen and oxygen atoms in total. The first-order valence-corrected chi connectivity index (χ1v) is 13.4. The lowest BCUT2D eigenvalue weighted by atomic mass is 10.2. The van der Waals surface area contributed by atoms with E-state index in [4.69, 9.17) is 11.6 Å². The van der Waals surface area contributed by atoms with Gasteiger partial charge in [0.05, 0.1) is 21.2 Å². The van der Waals surface area contributed by atoms with Crippen LogP contribution in [0.25, 0.3) is 0 Å². The van der Waals surface area contributed by atoms with Gasteiger partial charge < -0.3 is 10.2 Å². The summed E-state index contributed by atoms with van der Waals surface area (Å²) >= 11 is 6.15. The van der Waals surface area contributed by atoms with Crippen LogP contribution in [0.15, 0.2) is 77.7 Å². The second kappa shape index (κ2) is 11.0. The van der Waals surface area contributed by atoms with Gasteiger partial charge in [0.15, 0.2) is 0 Å². The molecule has 0 aliphatic carbocycles. The molecule has 1 aliphatic rings. The van der Waals surface area contributed by atoms with Gasteiger partial charge >= 0.3 is 6.18 Å². The Balaban J connectivity index is 1.56. The number of nitrogens with one attached hydrogen (secondary N) is 1. The van der Waals surface area contributed by atoms with Gasteiger partial charge in [0.25, 0.3) is 10.0 Å². The van der Waals surface area contributed by atoms with E-state index in [1.165, 1.54) is 24.3 Å². The summed E-state index contributed by atoms with van der Waals surface area (Å²) < 4.78 is 67.6. The van der Waals surface area contributed by atoms with Crippen molar-refractivity contribution >= 4 is 38.9 Å². The topological polar surface area (TPSA) is 69.7 Å². The number of nitrogens with zero attached hydrogens (tertiary/aromatic N) is 2. The first kappa shape index (κ1) is 26.8. The molecule has 0 atom stereocenters. The van der Waals surface area contributed by atoms with E-state index in [1.807, 2.05) is 24.3 Å². The van der Waals surface area contributed by atoms with Crippen molar-refractivity contribution in [2.75, 3.05) is 28.8 Å². The highest BCUT2D eigenvalue weighted by atomic mass is 35.5. The molecule has 0 radical (unpaired) electrons. The third-order valence-corrected chi connectivity index (χ3v) is 8.15. The highest BCUT2D eigenvalue weighted by Crippen LogP contribution is 2.37. The van der Waals surface area contributed by atoms with Crippen molar-refractivity contribution in [3.63, 3.8) is 0 Å². The van der Waals surface area contributed by atoms with Gasteiger partial charge in [-0.3, -0.25) is 9.10 Å². The van der Waals surface area contributed by atoms with E-state index in [0.717, 1.165) is 49.3 Å². The number of carbonyl (C=O) groups excluding carboxylic acids is 1. The Morgan fingerprint density at radius 3 is 2.24 bits per heavy atom. The number of carbonyl (C=O) groups is 1. The Kier molecular flexibility index (Phi) is 7.99. The van der Waals surface area contributed by atoms with E-state index in [1.54, 1.807) is 6.07 Å². The van der Waals surface area contributed by atoms with Crippen molar-refractivity contribution in [2.45, 2.75) is 30.5 Å². The van der Waals surface area contributed by atoms with Gasteiger partial charge in [-0.25, -0.2) is 8.42 Å². The molecule has 4 rings (SSSR count). The molecule has 37 heavy (non-hydrogen) atoms. The van der Waals surface area contributed by atoms with Crippen LogP contribution in [0.4, 0.5) is 24.5 Å². The maximum Gasteiger partial charge on any atom is 0.416 e. The SMILES string of the molecule is O=C(CN(c1cc(C(F)(F)F)ccc1Cl)S(=O)(=O)c1ccccc1)NCc1ccc(N2CCCC2)cc1. The fraction of sp³-hybridized carbons (Fsp3) is 0.269. The minimum absolute atomic E-state index is 0.120. The number of halogens is 4. The highest BCUT2D eigenvalue weighted by Gasteiger charge is 2.34. The number of hydrogen-bond donors (Lipinski definition) is 1. The predicted octanol–water partition coefficient (Wildman–Crippen LogP) is 5.47. The van der Waals surface area contributed by atoms with Crippen LogP contribution in [0.5, 0.6) is 0 Å². The summed E-state index contributed by atoms with van der Waals surface area (Å²) in [6.45, 7) is 1.36. The lowest BCUT2D eigenvalue weighted by molar-refractivity contribution is -0.137. The van der Waals surface area contributed by atoms with Crippen LogP contribution in [0.2, 0.25) is 5.02 Å². The quantitative estimate of drug-likeness (QED) is 0.403. The van der Waals surface area contributed by atoms with Crippen LogP contribution in [-0.4, -0.2) is 34.0 Å². The van der Waals surface area contributed by atoms with E-state index >= 15 is 0 Å². The van der Waals surface area contributed by atoms with Gasteiger partial charge in [-0.15, -0.1) is 0 Å². The zero-order valence-electron chi connectivity index (χ0n) is 19.7. The number of sulfonamides is 1. The molecule has 1 aliphatic heterocycles. The maximum atomic E-state index is 13.4. The van der Waals surface area contributed by atoms with Gasteiger partial charge in [-0.2, -0.15) is 13.2 Å². The lowest BCUT2D eigenvalue weighted by Crippen LogP contribution is -2.41. The molecule has 1 N–H and O–H groups in total. The zero-order chi connectivity index (χ0) is 26.6. The molecule has 1 amide bonds. The molecule has 1 fully saturated rings. The largest absolute Gasteiger partial charge is 0.416 e. The maximum absolute atomic E-state index is 13.4. The first-order valence-electron chi connectivity index (χ1n) is 11.6. The van der Waals surface area contributed by atoms with Crippen molar-refractivity contribution in [3.8, 4) is 0 Å². The Morgan fingerprint density at radius 1 is 0.973 bits per heavy atom. The number of anilines is 2. The van der Waals surface area contributed by atoms with E-state index < -0.39 is 39.9 Å². The molecule has 11 heteroatoms. The van der Waals surface area contributed by atoms with Crippen molar-refractivity contribution < 1.29 is 26.4 Å². The van der Waals surface area contributed by atoms with Gasteiger partial charge in [0.2, 0.25) is 5.91 Å². The molecular formula is C26H25ClF3N3O3S. The summed E-state index contributed by atoms with van der Waals surface area (Å²) in [7, 11) is -4.42. The van der Waals surface area contributed by atoms with Crippen LogP contribution in [-0.2, 0) is 27.5 Å². The predicted molar refractivity (Wildman–Crippen MR) is 137 cm³/mol. The molecule has 3 aromatic rings. The van der Waals surface area contributed by atoms with E-state index in [9.17, 15) is 26.4 Å². The Bertz CT molecular complexity index is 1340. The van der Waals surface area contributed by atoms with Crippen molar-refractivity contribution in [2.24, 2.45) is 0 Å².